The van der Waals surface area contributed by atoms with Gasteiger partial charge >= 0.3 is 6.03 Å². The number of rotatable bonds is 8. The predicted molar refractivity (Wildman–Crippen MR) is 101 cm³/mol. The third-order valence-corrected chi connectivity index (χ3v) is 4.71. The molecule has 9 heteroatoms. The predicted octanol–water partition coefficient (Wildman–Crippen LogP) is 0.493. The highest BCUT2D eigenvalue weighted by atomic mass is 16.5. The molecule has 1 aromatic carbocycles. The van der Waals surface area contributed by atoms with E-state index in [9.17, 15) is 19.2 Å². The number of amides is 5. The lowest BCUT2D eigenvalue weighted by molar-refractivity contribution is -0.136. The molecule has 0 aromatic heterocycles. The average molecular weight is 390 g/mol. The fourth-order valence-corrected chi connectivity index (χ4v) is 3.11. The Kier molecular flexibility index (Phi) is 6.61. The van der Waals surface area contributed by atoms with E-state index in [0.717, 1.165) is 4.90 Å². The summed E-state index contributed by atoms with van der Waals surface area (Å²) in [6, 6.07) is 5.40. The van der Waals surface area contributed by atoms with Crippen molar-refractivity contribution in [3.8, 4) is 5.75 Å². The van der Waals surface area contributed by atoms with Crippen LogP contribution in [0, 0.1) is 0 Å². The smallest absolute Gasteiger partial charge is 0.325 e. The molecule has 0 spiro atoms. The van der Waals surface area contributed by atoms with E-state index in [1.54, 1.807) is 38.1 Å². The minimum Gasteiger partial charge on any atom is -0.497 e. The number of nitrogens with one attached hydrogen (secondary N) is 3. The van der Waals surface area contributed by atoms with Gasteiger partial charge in [0.25, 0.3) is 5.91 Å². The quantitative estimate of drug-likeness (QED) is 0.559. The van der Waals surface area contributed by atoms with E-state index >= 15 is 0 Å². The molecule has 0 aliphatic carbocycles. The highest BCUT2D eigenvalue weighted by Crippen LogP contribution is 2.33. The first-order valence-corrected chi connectivity index (χ1v) is 9.14. The zero-order chi connectivity index (χ0) is 20.9. The van der Waals surface area contributed by atoms with E-state index in [2.05, 4.69) is 16.0 Å². The summed E-state index contributed by atoms with van der Waals surface area (Å²) in [5, 5.41) is 7.79. The van der Waals surface area contributed by atoms with E-state index < -0.39 is 36.0 Å². The number of urea groups is 1. The Morgan fingerprint density at radius 3 is 2.39 bits per heavy atom. The highest BCUT2D eigenvalue weighted by molar-refractivity contribution is 6.09. The Labute approximate surface area is 163 Å². The SMILES string of the molecule is CCNC(=O)[C@H](C)NC(=O)CN1C(=O)N[C@@](CC)(c2ccc(OC)cc2)C1=O. The Balaban J connectivity index is 2.14. The molecule has 0 radical (unpaired) electrons. The van der Waals surface area contributed by atoms with Gasteiger partial charge < -0.3 is 20.7 Å². The number of carbonyl (C=O) groups is 4. The molecule has 1 saturated heterocycles. The van der Waals surface area contributed by atoms with E-state index in [4.69, 9.17) is 4.74 Å². The second-order valence-corrected chi connectivity index (χ2v) is 6.49. The minimum absolute atomic E-state index is 0.317. The van der Waals surface area contributed by atoms with Gasteiger partial charge in [-0.25, -0.2) is 4.79 Å². The minimum atomic E-state index is -1.24. The van der Waals surface area contributed by atoms with Crippen molar-refractivity contribution in [3.05, 3.63) is 29.8 Å². The molecule has 1 heterocycles. The largest absolute Gasteiger partial charge is 0.497 e. The molecule has 3 N–H and O–H groups in total. The number of carbonyl (C=O) groups excluding carboxylic acids is 4. The molecule has 1 aromatic rings. The molecule has 152 valence electrons. The van der Waals surface area contributed by atoms with E-state index in [1.807, 2.05) is 0 Å². The summed E-state index contributed by atoms with van der Waals surface area (Å²) in [5.41, 5.74) is -0.637. The fourth-order valence-electron chi connectivity index (χ4n) is 3.11. The molecule has 0 bridgehead atoms. The summed E-state index contributed by atoms with van der Waals surface area (Å²) < 4.78 is 5.13. The highest BCUT2D eigenvalue weighted by Gasteiger charge is 2.51. The summed E-state index contributed by atoms with van der Waals surface area (Å²) in [7, 11) is 1.54. The number of likely N-dealkylation sites (N-methyl/N-ethyl adjacent to an activating group) is 1. The number of hydrogen-bond donors (Lipinski definition) is 3. The van der Waals surface area contributed by atoms with Crippen molar-refractivity contribution in [1.82, 2.24) is 20.9 Å². The molecule has 5 amide bonds. The third-order valence-electron chi connectivity index (χ3n) is 4.71. The first-order chi connectivity index (χ1) is 13.3. The molecule has 1 aliphatic rings. The van der Waals surface area contributed by atoms with Gasteiger partial charge in [0, 0.05) is 6.54 Å². The van der Waals surface area contributed by atoms with Crippen LogP contribution in [-0.2, 0) is 19.9 Å². The number of ether oxygens (including phenoxy) is 1. The van der Waals surface area contributed by atoms with Gasteiger partial charge in [-0.1, -0.05) is 19.1 Å². The first-order valence-electron chi connectivity index (χ1n) is 9.14. The van der Waals surface area contributed by atoms with Crippen LogP contribution in [0.3, 0.4) is 0 Å². The second-order valence-electron chi connectivity index (χ2n) is 6.49. The van der Waals surface area contributed by atoms with Crippen LogP contribution in [0.25, 0.3) is 0 Å². The molecule has 0 unspecified atom stereocenters. The van der Waals surface area contributed by atoms with Gasteiger partial charge in [0.2, 0.25) is 11.8 Å². The van der Waals surface area contributed by atoms with Gasteiger partial charge in [0.15, 0.2) is 0 Å². The molecular weight excluding hydrogens is 364 g/mol. The van der Waals surface area contributed by atoms with Crippen LogP contribution >= 0.6 is 0 Å². The molecule has 2 atom stereocenters. The van der Waals surface area contributed by atoms with Crippen molar-refractivity contribution in [2.45, 2.75) is 38.8 Å². The molecule has 1 fully saturated rings. The number of methoxy groups -OCH3 is 1. The number of benzene rings is 1. The van der Waals surface area contributed by atoms with Crippen LogP contribution < -0.4 is 20.7 Å². The summed E-state index contributed by atoms with van der Waals surface area (Å²) in [4.78, 5) is 50.3. The summed E-state index contributed by atoms with van der Waals surface area (Å²) >= 11 is 0. The van der Waals surface area contributed by atoms with Crippen LogP contribution in [0.5, 0.6) is 5.75 Å². The molecule has 9 nitrogen and oxygen atoms in total. The topological polar surface area (TPSA) is 117 Å². The van der Waals surface area contributed by atoms with Crippen molar-refractivity contribution in [2.24, 2.45) is 0 Å². The van der Waals surface area contributed by atoms with Crippen molar-refractivity contribution >= 4 is 23.8 Å². The zero-order valence-electron chi connectivity index (χ0n) is 16.5. The van der Waals surface area contributed by atoms with Crippen LogP contribution in [0.15, 0.2) is 24.3 Å². The lowest BCUT2D eigenvalue weighted by atomic mass is 9.87. The lowest BCUT2D eigenvalue weighted by Gasteiger charge is -2.26. The molecule has 0 saturated carbocycles. The van der Waals surface area contributed by atoms with Gasteiger partial charge in [-0.15, -0.1) is 0 Å². The maximum atomic E-state index is 13.0. The number of imide groups is 1. The Morgan fingerprint density at radius 2 is 1.86 bits per heavy atom. The van der Waals surface area contributed by atoms with E-state index in [1.165, 1.54) is 14.0 Å². The Bertz CT molecular complexity index is 764. The van der Waals surface area contributed by atoms with Gasteiger partial charge in [-0.2, -0.15) is 0 Å². The van der Waals surface area contributed by atoms with Crippen LogP contribution in [0.2, 0.25) is 0 Å². The maximum absolute atomic E-state index is 13.0. The molecule has 1 aliphatic heterocycles. The van der Waals surface area contributed by atoms with Crippen LogP contribution in [0.4, 0.5) is 4.79 Å². The maximum Gasteiger partial charge on any atom is 0.325 e. The first kappa shape index (κ1) is 21.2. The van der Waals surface area contributed by atoms with Crippen molar-refractivity contribution < 1.29 is 23.9 Å². The van der Waals surface area contributed by atoms with Gasteiger partial charge in [0.05, 0.1) is 7.11 Å². The normalized spacial score (nSPS) is 19.8. The second kappa shape index (κ2) is 8.73. The average Bonchev–Trinajstić information content (AvgIpc) is 2.93. The fraction of sp³-hybridized carbons (Fsp3) is 0.474. The van der Waals surface area contributed by atoms with Crippen LogP contribution in [-0.4, -0.2) is 54.9 Å². The Hall–Kier alpha value is -3.10. The van der Waals surface area contributed by atoms with Gasteiger partial charge in [0.1, 0.15) is 23.9 Å². The third kappa shape index (κ3) is 4.08. The summed E-state index contributed by atoms with van der Waals surface area (Å²) in [6.07, 6.45) is 0.317. The van der Waals surface area contributed by atoms with E-state index in [-0.39, 0.29) is 5.91 Å². The van der Waals surface area contributed by atoms with Crippen molar-refractivity contribution in [3.63, 3.8) is 0 Å². The van der Waals surface area contributed by atoms with Crippen molar-refractivity contribution in [2.75, 3.05) is 20.2 Å². The van der Waals surface area contributed by atoms with E-state index in [0.29, 0.717) is 24.3 Å². The lowest BCUT2D eigenvalue weighted by Crippen LogP contribution is -2.49. The summed E-state index contributed by atoms with van der Waals surface area (Å²) in [6.45, 7) is 5.05. The molecule has 2 rings (SSSR count). The zero-order valence-corrected chi connectivity index (χ0v) is 16.5. The van der Waals surface area contributed by atoms with Gasteiger partial charge in [-0.3, -0.25) is 19.3 Å². The molecule has 28 heavy (non-hydrogen) atoms. The van der Waals surface area contributed by atoms with Crippen molar-refractivity contribution in [1.29, 1.82) is 0 Å². The van der Waals surface area contributed by atoms with Gasteiger partial charge in [-0.05, 0) is 38.0 Å². The number of hydrogen-bond acceptors (Lipinski definition) is 5. The molecular formula is C19H26N4O5. The monoisotopic (exact) mass is 390 g/mol. The van der Waals surface area contributed by atoms with Crippen LogP contribution in [0.1, 0.15) is 32.8 Å². The summed E-state index contributed by atoms with van der Waals surface area (Å²) in [5.74, 6) is -0.814. The number of nitrogens with zero attached hydrogens (tertiary/aromatic N) is 1. The Morgan fingerprint density at radius 1 is 1.21 bits per heavy atom. The standard InChI is InChI=1S/C19H26N4O5/c1-5-19(13-7-9-14(28-4)10-8-13)17(26)23(18(27)22-19)11-15(24)21-12(3)16(25)20-6-2/h7-10,12H,5-6,11H2,1-4H3,(H,20,25)(H,21,24)(H,22,27)/t12-,19-/m0/s1.